The molecule has 0 unspecified atom stereocenters. The molecular weight excluding hydrogens is 444 g/mol. The zero-order valence-corrected chi connectivity index (χ0v) is 21.1. The van der Waals surface area contributed by atoms with Crippen LogP contribution in [-0.4, -0.2) is 64.3 Å². The first-order valence-corrected chi connectivity index (χ1v) is 11.5. The van der Waals surface area contributed by atoms with Gasteiger partial charge in [0.05, 0.1) is 7.11 Å². The fraction of sp³-hybridized carbons (Fsp3) is 0.696. The number of hydrogen-bond acceptors (Lipinski definition) is 7. The van der Waals surface area contributed by atoms with Crippen LogP contribution in [0.3, 0.4) is 0 Å². The van der Waals surface area contributed by atoms with Gasteiger partial charge >= 0.3 is 17.8 Å². The molecule has 11 heteroatoms. The van der Waals surface area contributed by atoms with E-state index >= 15 is 0 Å². The summed E-state index contributed by atoms with van der Waals surface area (Å²) in [5.74, 6) is -1.10. The number of esters is 1. The Kier molecular flexibility index (Phi) is 11.5. The summed E-state index contributed by atoms with van der Waals surface area (Å²) in [4.78, 5) is 65.1. The van der Waals surface area contributed by atoms with Crippen molar-refractivity contribution >= 4 is 18.0 Å². The largest absolute Gasteiger partial charge is 0.467 e. The number of hydrogen-bond donors (Lipinski definition) is 2. The maximum Gasteiger partial charge on any atom is 0.407 e. The minimum absolute atomic E-state index is 0.00269. The van der Waals surface area contributed by atoms with Gasteiger partial charge < -0.3 is 19.7 Å². The molecule has 1 rings (SSSR count). The van der Waals surface area contributed by atoms with Crippen molar-refractivity contribution in [3.05, 3.63) is 32.6 Å². The molecule has 0 radical (unpaired) electrons. The molecule has 0 aromatic carbocycles. The number of ether oxygens (including phenoxy) is 2. The summed E-state index contributed by atoms with van der Waals surface area (Å²) < 4.78 is 11.2. The van der Waals surface area contributed by atoms with Gasteiger partial charge in [0.15, 0.2) is 0 Å². The maximum atomic E-state index is 13.2. The predicted octanol–water partition coefficient (Wildman–Crippen LogP) is 1.71. The molecule has 0 saturated carbocycles. The zero-order chi connectivity index (χ0) is 25.9. The van der Waals surface area contributed by atoms with Crippen LogP contribution in [0.5, 0.6) is 0 Å². The van der Waals surface area contributed by atoms with E-state index in [-0.39, 0.29) is 25.2 Å². The molecule has 192 valence electrons. The molecular formula is C23H38N4O7. The Balaban J connectivity index is 3.10. The Hall–Kier alpha value is -3.11. The first kappa shape index (κ1) is 28.9. The summed E-state index contributed by atoms with van der Waals surface area (Å²) in [6.45, 7) is 8.44. The topological polar surface area (TPSA) is 140 Å². The summed E-state index contributed by atoms with van der Waals surface area (Å²) in [5, 5.41) is 2.58. The molecule has 11 nitrogen and oxygen atoms in total. The Bertz CT molecular complexity index is 946. The second-order valence-corrected chi connectivity index (χ2v) is 9.10. The number of rotatable bonds is 12. The summed E-state index contributed by atoms with van der Waals surface area (Å²) in [7, 11) is 1.25. The molecule has 0 aliphatic carbocycles. The van der Waals surface area contributed by atoms with Crippen LogP contribution in [0.2, 0.25) is 0 Å². The maximum absolute atomic E-state index is 13.2. The number of aryl methyl sites for hydroxylation is 1. The van der Waals surface area contributed by atoms with Crippen LogP contribution in [0.15, 0.2) is 15.8 Å². The van der Waals surface area contributed by atoms with Gasteiger partial charge in [-0.15, -0.1) is 0 Å². The van der Waals surface area contributed by atoms with Gasteiger partial charge in [-0.1, -0.05) is 32.6 Å². The number of aromatic amines is 1. The van der Waals surface area contributed by atoms with Crippen LogP contribution in [0.1, 0.15) is 65.4 Å². The van der Waals surface area contributed by atoms with E-state index < -0.39 is 40.9 Å². The number of aromatic nitrogens is 2. The van der Waals surface area contributed by atoms with Crippen LogP contribution in [0.4, 0.5) is 4.79 Å². The standard InChI is InChI=1S/C23H38N4O7/c1-7-8-9-10-11-17(20(30)33-6)27(13-12-24-22(32)34-23(3,4)5)18(28)15-26-14-16(2)19(29)25-21(26)31/h14,17H,7-13,15H2,1-6H3,(H,24,32)(H,25,29,31)/t17-/m0/s1. The van der Waals surface area contributed by atoms with E-state index in [9.17, 15) is 24.0 Å². The molecule has 0 aliphatic heterocycles. The lowest BCUT2D eigenvalue weighted by atomic mass is 10.1. The van der Waals surface area contributed by atoms with Gasteiger partial charge in [-0.05, 0) is 34.1 Å². The highest BCUT2D eigenvalue weighted by Gasteiger charge is 2.30. The van der Waals surface area contributed by atoms with Crippen LogP contribution in [-0.2, 0) is 25.6 Å². The fourth-order valence-electron chi connectivity index (χ4n) is 3.32. The number of methoxy groups -OCH3 is 1. The van der Waals surface area contributed by atoms with E-state index in [1.165, 1.54) is 25.1 Å². The minimum Gasteiger partial charge on any atom is -0.467 e. The smallest absolute Gasteiger partial charge is 0.407 e. The van der Waals surface area contributed by atoms with Crippen molar-refractivity contribution in [3.8, 4) is 0 Å². The normalized spacial score (nSPS) is 12.1. The molecule has 1 heterocycles. The number of carbonyl (C=O) groups is 3. The second-order valence-electron chi connectivity index (χ2n) is 9.10. The quantitative estimate of drug-likeness (QED) is 0.341. The van der Waals surface area contributed by atoms with Gasteiger partial charge in [-0.3, -0.25) is 19.1 Å². The third-order valence-electron chi connectivity index (χ3n) is 5.02. The zero-order valence-electron chi connectivity index (χ0n) is 21.1. The summed E-state index contributed by atoms with van der Waals surface area (Å²) in [6.07, 6.45) is 4.63. The van der Waals surface area contributed by atoms with E-state index in [0.717, 1.165) is 23.8 Å². The first-order chi connectivity index (χ1) is 15.9. The third-order valence-corrected chi connectivity index (χ3v) is 5.02. The van der Waals surface area contributed by atoms with E-state index in [1.54, 1.807) is 20.8 Å². The lowest BCUT2D eigenvalue weighted by Crippen LogP contribution is -2.50. The van der Waals surface area contributed by atoms with Crippen molar-refractivity contribution in [1.82, 2.24) is 19.8 Å². The fourth-order valence-corrected chi connectivity index (χ4v) is 3.32. The molecule has 0 spiro atoms. The van der Waals surface area contributed by atoms with Crippen LogP contribution in [0.25, 0.3) is 0 Å². The number of amides is 2. The van der Waals surface area contributed by atoms with Crippen LogP contribution >= 0.6 is 0 Å². The second kappa shape index (κ2) is 13.6. The van der Waals surface area contributed by atoms with Gasteiger partial charge in [0.1, 0.15) is 18.2 Å². The Morgan fingerprint density at radius 2 is 1.85 bits per heavy atom. The number of unbranched alkanes of at least 4 members (excludes halogenated alkanes) is 3. The van der Waals surface area contributed by atoms with Crippen molar-refractivity contribution < 1.29 is 23.9 Å². The molecule has 0 fully saturated rings. The predicted molar refractivity (Wildman–Crippen MR) is 127 cm³/mol. The van der Waals surface area contributed by atoms with E-state index in [1.807, 2.05) is 0 Å². The molecule has 2 N–H and O–H groups in total. The number of nitrogens with one attached hydrogen (secondary N) is 2. The average Bonchev–Trinajstić information content (AvgIpc) is 2.74. The average molecular weight is 483 g/mol. The Labute approximate surface area is 199 Å². The van der Waals surface area contributed by atoms with Crippen molar-refractivity contribution in [2.45, 2.75) is 84.9 Å². The Morgan fingerprint density at radius 3 is 2.44 bits per heavy atom. The highest BCUT2D eigenvalue weighted by Crippen LogP contribution is 2.14. The highest BCUT2D eigenvalue weighted by atomic mass is 16.6. The van der Waals surface area contributed by atoms with Crippen LogP contribution < -0.4 is 16.6 Å². The van der Waals surface area contributed by atoms with E-state index in [4.69, 9.17) is 9.47 Å². The van der Waals surface area contributed by atoms with Crippen molar-refractivity contribution in [2.24, 2.45) is 0 Å². The number of alkyl carbamates (subject to hydrolysis) is 1. The van der Waals surface area contributed by atoms with E-state index in [2.05, 4.69) is 17.2 Å². The van der Waals surface area contributed by atoms with Crippen LogP contribution in [0, 0.1) is 6.92 Å². The molecule has 0 saturated heterocycles. The monoisotopic (exact) mass is 482 g/mol. The van der Waals surface area contributed by atoms with Gasteiger partial charge in [0.25, 0.3) is 5.56 Å². The molecule has 1 atom stereocenters. The number of nitrogens with zero attached hydrogens (tertiary/aromatic N) is 2. The summed E-state index contributed by atoms with van der Waals surface area (Å²) >= 11 is 0. The molecule has 0 bridgehead atoms. The highest BCUT2D eigenvalue weighted by molar-refractivity contribution is 5.84. The SMILES string of the molecule is CCCCCC[C@@H](C(=O)OC)N(CCNC(=O)OC(C)(C)C)C(=O)Cn1cc(C)c(=O)[nH]c1=O. The molecule has 1 aromatic heterocycles. The van der Waals surface area contributed by atoms with Gasteiger partial charge in [-0.25, -0.2) is 14.4 Å². The Morgan fingerprint density at radius 1 is 1.18 bits per heavy atom. The molecule has 1 aromatic rings. The first-order valence-electron chi connectivity index (χ1n) is 11.5. The molecule has 2 amide bonds. The van der Waals surface area contributed by atoms with Gasteiger partial charge in [0.2, 0.25) is 5.91 Å². The lowest BCUT2D eigenvalue weighted by molar-refractivity contribution is -0.153. The van der Waals surface area contributed by atoms with E-state index in [0.29, 0.717) is 12.8 Å². The van der Waals surface area contributed by atoms with Gasteiger partial charge in [-0.2, -0.15) is 0 Å². The van der Waals surface area contributed by atoms with Gasteiger partial charge in [0, 0.05) is 24.8 Å². The summed E-state index contributed by atoms with van der Waals surface area (Å²) in [5.41, 5.74) is -1.67. The van der Waals surface area contributed by atoms with Crippen molar-refractivity contribution in [1.29, 1.82) is 0 Å². The number of carbonyl (C=O) groups excluding carboxylic acids is 3. The molecule has 0 aliphatic rings. The van der Waals surface area contributed by atoms with Crippen molar-refractivity contribution in [3.63, 3.8) is 0 Å². The third kappa shape index (κ3) is 9.80. The minimum atomic E-state index is -0.880. The lowest BCUT2D eigenvalue weighted by Gasteiger charge is -2.30. The number of H-pyrrole nitrogens is 1. The molecule has 34 heavy (non-hydrogen) atoms. The van der Waals surface area contributed by atoms with Crippen molar-refractivity contribution in [2.75, 3.05) is 20.2 Å². The summed E-state index contributed by atoms with van der Waals surface area (Å²) in [6, 6.07) is -0.880.